The number of methoxy groups -OCH3 is 1. The average Bonchev–Trinajstić information content (AvgIpc) is 3.41. The molecule has 0 aliphatic carbocycles. The molecule has 31 heavy (non-hydrogen) atoms. The van der Waals surface area contributed by atoms with Crippen molar-refractivity contribution in [1.82, 2.24) is 0 Å². The number of ether oxygens (including phenoxy) is 2. The van der Waals surface area contributed by atoms with Gasteiger partial charge in [-0.2, -0.15) is 0 Å². The summed E-state index contributed by atoms with van der Waals surface area (Å²) in [5.74, 6) is -0.701. The second-order valence-corrected chi connectivity index (χ2v) is 8.55. The van der Waals surface area contributed by atoms with E-state index in [0.717, 1.165) is 41.7 Å². The highest BCUT2D eigenvalue weighted by Gasteiger charge is 2.72. The molecule has 0 aromatic heterocycles. The van der Waals surface area contributed by atoms with E-state index >= 15 is 0 Å². The molecule has 0 radical (unpaired) electrons. The molecule has 3 aliphatic rings. The average molecular weight is 418 g/mol. The van der Waals surface area contributed by atoms with Gasteiger partial charge >= 0.3 is 0 Å². The SMILES string of the molecule is CCCC/C(=C(/C)OC)[C@@]12O[C@@H](c3ccccc31)[C@@H]1C(=O)N(c3ccccc3)C(=O)[C@@H]12. The van der Waals surface area contributed by atoms with Crippen LogP contribution in [0.15, 0.2) is 65.9 Å². The van der Waals surface area contributed by atoms with Gasteiger partial charge in [0.25, 0.3) is 0 Å². The molecular weight excluding hydrogens is 390 g/mol. The molecule has 0 saturated carbocycles. The fourth-order valence-corrected chi connectivity index (χ4v) is 5.70. The standard InChI is InChI=1S/C26H27NO4/c1-4-5-14-19(16(2)30-3)26-20-15-10-9-13-18(20)23(31-26)21-22(26)25(29)27(24(21)28)17-11-7-6-8-12-17/h6-13,15,21-23H,4-5,14H2,1-3H3/b19-16+/t21-,22-,23+,26-/m1/s1. The van der Waals surface area contributed by atoms with Crippen LogP contribution in [0.5, 0.6) is 0 Å². The highest BCUT2D eigenvalue weighted by atomic mass is 16.5. The summed E-state index contributed by atoms with van der Waals surface area (Å²) in [5.41, 5.74) is 2.65. The quantitative estimate of drug-likeness (QED) is 0.496. The van der Waals surface area contributed by atoms with Gasteiger partial charge in [0.1, 0.15) is 5.60 Å². The second-order valence-electron chi connectivity index (χ2n) is 8.55. The Bertz CT molecular complexity index is 1080. The molecule has 5 nitrogen and oxygen atoms in total. The maximum Gasteiger partial charge on any atom is 0.241 e. The summed E-state index contributed by atoms with van der Waals surface area (Å²) in [7, 11) is 1.65. The van der Waals surface area contributed by atoms with Crippen molar-refractivity contribution in [3.05, 3.63) is 77.1 Å². The molecule has 2 fully saturated rings. The van der Waals surface area contributed by atoms with Crippen molar-refractivity contribution >= 4 is 17.5 Å². The van der Waals surface area contributed by atoms with Crippen LogP contribution in [0.4, 0.5) is 5.69 Å². The number of hydrogen-bond acceptors (Lipinski definition) is 4. The van der Waals surface area contributed by atoms with Crippen molar-refractivity contribution in [2.45, 2.75) is 44.8 Å². The Hall–Kier alpha value is -2.92. The van der Waals surface area contributed by atoms with Gasteiger partial charge in [-0.25, -0.2) is 4.90 Å². The Balaban J connectivity index is 1.72. The molecule has 5 rings (SSSR count). The van der Waals surface area contributed by atoms with Gasteiger partial charge in [-0.15, -0.1) is 0 Å². The third-order valence-electron chi connectivity index (χ3n) is 7.07. The van der Waals surface area contributed by atoms with E-state index in [1.807, 2.05) is 61.5 Å². The zero-order valence-electron chi connectivity index (χ0n) is 18.1. The van der Waals surface area contributed by atoms with E-state index in [9.17, 15) is 9.59 Å². The van der Waals surface area contributed by atoms with Crippen LogP contribution in [-0.2, 0) is 24.7 Å². The fraction of sp³-hybridized carbons (Fsp3) is 0.385. The molecule has 0 N–H and O–H groups in total. The van der Waals surface area contributed by atoms with E-state index in [-0.39, 0.29) is 11.8 Å². The minimum absolute atomic E-state index is 0.174. The third kappa shape index (κ3) is 2.59. The van der Waals surface area contributed by atoms with Gasteiger partial charge in [0.05, 0.1) is 36.5 Å². The molecule has 0 unspecified atom stereocenters. The van der Waals surface area contributed by atoms with Crippen LogP contribution in [0.25, 0.3) is 0 Å². The number of para-hydroxylation sites is 1. The Morgan fingerprint density at radius 3 is 2.48 bits per heavy atom. The van der Waals surface area contributed by atoms with E-state index in [1.54, 1.807) is 7.11 Å². The number of hydrogen-bond donors (Lipinski definition) is 0. The molecule has 2 saturated heterocycles. The summed E-state index contributed by atoms with van der Waals surface area (Å²) in [6, 6.07) is 17.2. The summed E-state index contributed by atoms with van der Waals surface area (Å²) in [6.07, 6.45) is 2.30. The van der Waals surface area contributed by atoms with E-state index < -0.39 is 23.5 Å². The van der Waals surface area contributed by atoms with E-state index in [2.05, 4.69) is 6.92 Å². The largest absolute Gasteiger partial charge is 0.501 e. The molecule has 4 atom stereocenters. The second kappa shape index (κ2) is 7.34. The van der Waals surface area contributed by atoms with Gasteiger partial charge in [-0.3, -0.25) is 9.59 Å². The number of anilines is 1. The number of imide groups is 1. The smallest absolute Gasteiger partial charge is 0.241 e. The lowest BCUT2D eigenvalue weighted by Crippen LogP contribution is -2.42. The van der Waals surface area contributed by atoms with Crippen molar-refractivity contribution in [3.63, 3.8) is 0 Å². The minimum Gasteiger partial charge on any atom is -0.501 e. The normalized spacial score (nSPS) is 29.1. The molecule has 0 spiro atoms. The summed E-state index contributed by atoms with van der Waals surface area (Å²) in [6.45, 7) is 4.07. The Kier molecular flexibility index (Phi) is 4.74. The number of benzene rings is 2. The van der Waals surface area contributed by atoms with Crippen LogP contribution in [0.1, 0.15) is 50.3 Å². The molecule has 2 aromatic rings. The summed E-state index contributed by atoms with van der Waals surface area (Å²) < 4.78 is 12.4. The zero-order valence-corrected chi connectivity index (χ0v) is 18.1. The Labute approximate surface area is 182 Å². The summed E-state index contributed by atoms with van der Waals surface area (Å²) >= 11 is 0. The number of allylic oxidation sites excluding steroid dienone is 1. The number of unbranched alkanes of at least 4 members (excludes halogenated alkanes) is 1. The van der Waals surface area contributed by atoms with Crippen molar-refractivity contribution in [1.29, 1.82) is 0 Å². The van der Waals surface area contributed by atoms with E-state index in [4.69, 9.17) is 9.47 Å². The molecule has 2 amide bonds. The van der Waals surface area contributed by atoms with Crippen LogP contribution in [0.3, 0.4) is 0 Å². The van der Waals surface area contributed by atoms with Crippen molar-refractivity contribution in [3.8, 4) is 0 Å². The van der Waals surface area contributed by atoms with Crippen molar-refractivity contribution in [2.75, 3.05) is 12.0 Å². The van der Waals surface area contributed by atoms with Gasteiger partial charge < -0.3 is 9.47 Å². The lowest BCUT2D eigenvalue weighted by atomic mass is 9.65. The summed E-state index contributed by atoms with van der Waals surface area (Å²) in [4.78, 5) is 28.8. The zero-order chi connectivity index (χ0) is 21.8. The highest BCUT2D eigenvalue weighted by Crippen LogP contribution is 2.67. The topological polar surface area (TPSA) is 55.8 Å². The van der Waals surface area contributed by atoms with Crippen LogP contribution >= 0.6 is 0 Å². The van der Waals surface area contributed by atoms with Gasteiger partial charge in [-0.1, -0.05) is 55.8 Å². The van der Waals surface area contributed by atoms with Gasteiger partial charge in [0.2, 0.25) is 11.8 Å². The van der Waals surface area contributed by atoms with Crippen molar-refractivity contribution < 1.29 is 19.1 Å². The molecule has 160 valence electrons. The maximum absolute atomic E-state index is 13.9. The first-order valence-electron chi connectivity index (χ1n) is 11.0. The number of carbonyl (C=O) groups excluding carboxylic acids is 2. The number of nitrogens with zero attached hydrogens (tertiary/aromatic N) is 1. The number of rotatable bonds is 6. The van der Waals surface area contributed by atoms with Gasteiger partial charge in [0.15, 0.2) is 0 Å². The first-order valence-corrected chi connectivity index (χ1v) is 11.0. The monoisotopic (exact) mass is 417 g/mol. The first kappa shape index (κ1) is 20.0. The van der Waals surface area contributed by atoms with E-state index in [0.29, 0.717) is 5.69 Å². The Morgan fingerprint density at radius 1 is 1.06 bits per heavy atom. The molecule has 2 aromatic carbocycles. The molecular formula is C26H27NO4. The first-order chi connectivity index (χ1) is 15.1. The third-order valence-corrected chi connectivity index (χ3v) is 7.07. The van der Waals surface area contributed by atoms with Crippen LogP contribution < -0.4 is 4.90 Å². The highest BCUT2D eigenvalue weighted by molar-refractivity contribution is 6.23. The van der Waals surface area contributed by atoms with Gasteiger partial charge in [-0.05, 0) is 43.0 Å². The number of fused-ring (bicyclic) bond motifs is 8. The fourth-order valence-electron chi connectivity index (χ4n) is 5.70. The lowest BCUT2D eigenvalue weighted by Gasteiger charge is -2.36. The molecule has 3 aliphatic heterocycles. The van der Waals surface area contributed by atoms with Crippen LogP contribution in [0, 0.1) is 11.8 Å². The molecule has 5 heteroatoms. The predicted molar refractivity (Wildman–Crippen MR) is 117 cm³/mol. The number of amides is 2. The van der Waals surface area contributed by atoms with Crippen molar-refractivity contribution in [2.24, 2.45) is 11.8 Å². The Morgan fingerprint density at radius 2 is 1.77 bits per heavy atom. The lowest BCUT2D eigenvalue weighted by molar-refractivity contribution is -0.128. The number of carbonyl (C=O) groups is 2. The molecule has 3 heterocycles. The molecule has 2 bridgehead atoms. The van der Waals surface area contributed by atoms with Crippen LogP contribution in [0.2, 0.25) is 0 Å². The maximum atomic E-state index is 13.9. The predicted octanol–water partition coefficient (Wildman–Crippen LogP) is 4.88. The summed E-state index contributed by atoms with van der Waals surface area (Å²) in [5, 5.41) is 0. The van der Waals surface area contributed by atoms with E-state index in [1.165, 1.54) is 4.90 Å². The minimum atomic E-state index is -0.961. The van der Waals surface area contributed by atoms with Crippen LogP contribution in [-0.4, -0.2) is 18.9 Å². The van der Waals surface area contributed by atoms with Gasteiger partial charge in [0, 0.05) is 5.57 Å².